The Morgan fingerprint density at radius 3 is 3.00 bits per heavy atom. The summed E-state index contributed by atoms with van der Waals surface area (Å²) in [7, 11) is 0. The van der Waals surface area contributed by atoms with Crippen LogP contribution in [-0.2, 0) is 0 Å². The van der Waals surface area contributed by atoms with E-state index in [9.17, 15) is 0 Å². The summed E-state index contributed by atoms with van der Waals surface area (Å²) < 4.78 is 0. The fraction of sp³-hybridized carbons (Fsp3) is 0.200. The molecule has 0 aromatic carbocycles. The Morgan fingerprint density at radius 2 is 2.42 bits per heavy atom. The minimum absolute atomic E-state index is 0.470. The minimum Gasteiger partial charge on any atom is -0.299 e. The Labute approximate surface area is 72.5 Å². The Morgan fingerprint density at radius 1 is 1.58 bits per heavy atom. The fourth-order valence-electron chi connectivity index (χ4n) is 0.843. The molecule has 62 valence electrons. The van der Waals surface area contributed by atoms with E-state index in [1.807, 2.05) is 31.2 Å². The van der Waals surface area contributed by atoms with Crippen LogP contribution in [0.5, 0.6) is 0 Å². The van der Waals surface area contributed by atoms with E-state index in [-0.39, 0.29) is 0 Å². The van der Waals surface area contributed by atoms with Crippen molar-refractivity contribution < 1.29 is 0 Å². The molecular formula is C10H12N2. The highest BCUT2D eigenvalue weighted by Gasteiger charge is 1.94. The Hall–Kier alpha value is -1.44. The van der Waals surface area contributed by atoms with E-state index in [0.717, 1.165) is 12.1 Å². The van der Waals surface area contributed by atoms with Crippen LogP contribution in [0.3, 0.4) is 0 Å². The topological polar surface area (TPSA) is 36.7 Å². The first-order chi connectivity index (χ1) is 5.84. The first-order valence-electron chi connectivity index (χ1n) is 4.01. The minimum atomic E-state index is 0.470. The zero-order valence-electron chi connectivity index (χ0n) is 7.12. The van der Waals surface area contributed by atoms with Gasteiger partial charge in [-0.3, -0.25) is 10.4 Å². The highest BCUT2D eigenvalue weighted by Crippen LogP contribution is 1.96. The van der Waals surface area contributed by atoms with Crippen LogP contribution < -0.4 is 0 Å². The molecule has 0 amide bonds. The smallest absolute Gasteiger partial charge is 0.0878 e. The number of allylic oxidation sites excluding steroid dienone is 2. The number of aromatic nitrogens is 1. The maximum Gasteiger partial charge on any atom is 0.0878 e. The lowest BCUT2D eigenvalue weighted by molar-refractivity contribution is 1.22. The summed E-state index contributed by atoms with van der Waals surface area (Å²) in [5.74, 6) is 0. The summed E-state index contributed by atoms with van der Waals surface area (Å²) in [6.07, 6.45) is 6.39. The van der Waals surface area contributed by atoms with Gasteiger partial charge in [0.1, 0.15) is 0 Å². The van der Waals surface area contributed by atoms with Crippen LogP contribution in [0.25, 0.3) is 0 Å². The Kier molecular flexibility index (Phi) is 3.20. The largest absolute Gasteiger partial charge is 0.299 e. The van der Waals surface area contributed by atoms with Crippen LogP contribution in [0.2, 0.25) is 0 Å². The summed E-state index contributed by atoms with van der Waals surface area (Å²) in [5, 5.41) is 7.58. The zero-order chi connectivity index (χ0) is 8.81. The molecule has 0 spiro atoms. The molecule has 2 heteroatoms. The molecule has 1 heterocycles. The average molecular weight is 160 g/mol. The molecule has 1 aromatic heterocycles. The number of nitrogens with zero attached hydrogens (tertiary/aromatic N) is 1. The summed E-state index contributed by atoms with van der Waals surface area (Å²) in [5.41, 5.74) is 1.19. The van der Waals surface area contributed by atoms with Crippen LogP contribution in [-0.4, -0.2) is 10.7 Å². The van der Waals surface area contributed by atoms with Gasteiger partial charge in [-0.25, -0.2) is 0 Å². The maximum atomic E-state index is 7.58. The van der Waals surface area contributed by atoms with Crippen LogP contribution in [0.15, 0.2) is 36.5 Å². The number of hydrogen-bond donors (Lipinski definition) is 1. The van der Waals surface area contributed by atoms with Gasteiger partial charge in [-0.2, -0.15) is 0 Å². The third kappa shape index (κ3) is 2.31. The van der Waals surface area contributed by atoms with Crippen molar-refractivity contribution in [3.05, 3.63) is 42.2 Å². The van der Waals surface area contributed by atoms with Gasteiger partial charge < -0.3 is 0 Å². The van der Waals surface area contributed by atoms with Crippen molar-refractivity contribution >= 4 is 5.71 Å². The van der Waals surface area contributed by atoms with Gasteiger partial charge >= 0.3 is 0 Å². The number of hydrogen-bond acceptors (Lipinski definition) is 2. The summed E-state index contributed by atoms with van der Waals surface area (Å²) in [4.78, 5) is 4.06. The lowest BCUT2D eigenvalue weighted by Crippen LogP contribution is -1.96. The SMILES string of the molecule is CC/C=C\C(=N)c1ccccn1. The number of rotatable bonds is 3. The Bertz CT molecular complexity index is 275. The lowest BCUT2D eigenvalue weighted by Gasteiger charge is -1.94. The van der Waals surface area contributed by atoms with Gasteiger partial charge in [0, 0.05) is 6.20 Å². The second-order valence-corrected chi connectivity index (χ2v) is 2.44. The van der Waals surface area contributed by atoms with Gasteiger partial charge in [0.25, 0.3) is 0 Å². The molecule has 1 aromatic rings. The van der Waals surface area contributed by atoms with Crippen molar-refractivity contribution in [1.82, 2.24) is 4.98 Å². The van der Waals surface area contributed by atoms with E-state index in [0.29, 0.717) is 5.71 Å². The van der Waals surface area contributed by atoms with E-state index in [4.69, 9.17) is 5.41 Å². The average Bonchev–Trinajstić information content (AvgIpc) is 2.15. The zero-order valence-corrected chi connectivity index (χ0v) is 7.12. The van der Waals surface area contributed by atoms with Crippen molar-refractivity contribution in [3.63, 3.8) is 0 Å². The predicted octanol–water partition coefficient (Wildman–Crippen LogP) is 2.42. The van der Waals surface area contributed by atoms with Gasteiger partial charge in [-0.05, 0) is 24.6 Å². The monoisotopic (exact) mass is 160 g/mol. The van der Waals surface area contributed by atoms with Crippen molar-refractivity contribution in [3.8, 4) is 0 Å². The molecular weight excluding hydrogens is 148 g/mol. The van der Waals surface area contributed by atoms with Crippen molar-refractivity contribution in [2.75, 3.05) is 0 Å². The first-order valence-corrected chi connectivity index (χ1v) is 4.01. The molecule has 1 N–H and O–H groups in total. The molecule has 0 fully saturated rings. The van der Waals surface area contributed by atoms with Crippen LogP contribution in [0.4, 0.5) is 0 Å². The highest BCUT2D eigenvalue weighted by atomic mass is 14.7. The molecule has 0 atom stereocenters. The van der Waals surface area contributed by atoms with E-state index in [1.165, 1.54) is 0 Å². The third-order valence-corrected chi connectivity index (χ3v) is 1.46. The molecule has 0 bridgehead atoms. The molecule has 0 aliphatic rings. The first kappa shape index (κ1) is 8.65. The molecule has 0 aliphatic heterocycles. The van der Waals surface area contributed by atoms with E-state index < -0.39 is 0 Å². The molecule has 0 radical (unpaired) electrons. The summed E-state index contributed by atoms with van der Waals surface area (Å²) in [6.45, 7) is 2.04. The van der Waals surface area contributed by atoms with Gasteiger partial charge in [0.05, 0.1) is 11.4 Å². The normalized spacial score (nSPS) is 10.4. The molecule has 0 aliphatic carbocycles. The standard InChI is InChI=1S/C10H12N2/c1-2-3-6-9(11)10-7-4-5-8-12-10/h3-8,11H,2H2,1H3/b6-3-,11-9?. The van der Waals surface area contributed by atoms with Crippen molar-refractivity contribution in [1.29, 1.82) is 5.41 Å². The fourth-order valence-corrected chi connectivity index (χ4v) is 0.843. The molecule has 0 saturated heterocycles. The van der Waals surface area contributed by atoms with E-state index >= 15 is 0 Å². The molecule has 0 saturated carbocycles. The van der Waals surface area contributed by atoms with Crippen LogP contribution in [0, 0.1) is 5.41 Å². The third-order valence-electron chi connectivity index (χ3n) is 1.46. The highest BCUT2D eigenvalue weighted by molar-refractivity contribution is 6.04. The second kappa shape index (κ2) is 4.44. The lowest BCUT2D eigenvalue weighted by atomic mass is 10.2. The molecule has 0 unspecified atom stereocenters. The predicted molar refractivity (Wildman–Crippen MR) is 50.5 cm³/mol. The van der Waals surface area contributed by atoms with Gasteiger partial charge in [-0.1, -0.05) is 19.1 Å². The van der Waals surface area contributed by atoms with Crippen molar-refractivity contribution in [2.45, 2.75) is 13.3 Å². The van der Waals surface area contributed by atoms with E-state index in [2.05, 4.69) is 4.98 Å². The van der Waals surface area contributed by atoms with Crippen LogP contribution >= 0.6 is 0 Å². The molecule has 12 heavy (non-hydrogen) atoms. The maximum absolute atomic E-state index is 7.58. The van der Waals surface area contributed by atoms with Gasteiger partial charge in [0.2, 0.25) is 0 Å². The number of pyridine rings is 1. The van der Waals surface area contributed by atoms with Gasteiger partial charge in [-0.15, -0.1) is 0 Å². The van der Waals surface area contributed by atoms with Gasteiger partial charge in [0.15, 0.2) is 0 Å². The molecule has 1 rings (SSSR count). The van der Waals surface area contributed by atoms with Crippen LogP contribution in [0.1, 0.15) is 19.0 Å². The number of nitrogens with one attached hydrogen (secondary N) is 1. The molecule has 2 nitrogen and oxygen atoms in total. The van der Waals surface area contributed by atoms with E-state index in [1.54, 1.807) is 12.3 Å². The Balaban J connectivity index is 2.72. The quantitative estimate of drug-likeness (QED) is 0.677. The second-order valence-electron chi connectivity index (χ2n) is 2.44. The summed E-state index contributed by atoms with van der Waals surface area (Å²) in [6, 6.07) is 5.57. The van der Waals surface area contributed by atoms with Crippen molar-refractivity contribution in [2.24, 2.45) is 0 Å². The summed E-state index contributed by atoms with van der Waals surface area (Å²) >= 11 is 0.